The highest BCUT2D eigenvalue weighted by molar-refractivity contribution is 6.01. The highest BCUT2D eigenvalue weighted by atomic mass is 14.2. The predicted octanol–water partition coefficient (Wildman–Crippen LogP) is 6.58. The van der Waals surface area contributed by atoms with E-state index in [0.717, 1.165) is 12.8 Å². The lowest BCUT2D eigenvalue weighted by Gasteiger charge is -2.08. The van der Waals surface area contributed by atoms with Gasteiger partial charge >= 0.3 is 0 Å². The van der Waals surface area contributed by atoms with E-state index in [9.17, 15) is 0 Å². The van der Waals surface area contributed by atoms with Gasteiger partial charge in [0, 0.05) is 0 Å². The number of rotatable bonds is 3. The zero-order valence-electron chi connectivity index (χ0n) is 14.3. The maximum Gasteiger partial charge on any atom is -0.00132 e. The molecule has 0 saturated carbocycles. The third-order valence-electron chi connectivity index (χ3n) is 5.08. The van der Waals surface area contributed by atoms with Crippen molar-refractivity contribution in [3.63, 3.8) is 0 Å². The lowest BCUT2D eigenvalue weighted by molar-refractivity contribution is 1.22. The van der Waals surface area contributed by atoms with Crippen LogP contribution < -0.4 is 0 Å². The molecule has 0 radical (unpaired) electrons. The van der Waals surface area contributed by atoms with Gasteiger partial charge < -0.3 is 0 Å². The van der Waals surface area contributed by atoms with Crippen LogP contribution in [0.25, 0.3) is 21.9 Å². The molecule has 24 heavy (non-hydrogen) atoms. The summed E-state index contributed by atoms with van der Waals surface area (Å²) in [6.07, 6.45) is 6.74. The SMILES string of the molecule is CC/C(=C\C=C1/Cc2cccc3cccc1c23)c1ccccc1C. The molecule has 0 atom stereocenters. The Morgan fingerprint density at radius 1 is 0.958 bits per heavy atom. The van der Waals surface area contributed by atoms with Gasteiger partial charge in [0.1, 0.15) is 0 Å². The Balaban J connectivity index is 1.78. The Bertz CT molecular complexity index is 965. The van der Waals surface area contributed by atoms with Crippen molar-refractivity contribution in [2.75, 3.05) is 0 Å². The van der Waals surface area contributed by atoms with Crippen LogP contribution in [-0.4, -0.2) is 0 Å². The van der Waals surface area contributed by atoms with Crippen LogP contribution >= 0.6 is 0 Å². The Hall–Kier alpha value is -2.60. The molecule has 0 nitrogen and oxygen atoms in total. The van der Waals surface area contributed by atoms with E-state index in [1.807, 2.05) is 0 Å². The van der Waals surface area contributed by atoms with Crippen molar-refractivity contribution in [3.8, 4) is 0 Å². The summed E-state index contributed by atoms with van der Waals surface area (Å²) < 4.78 is 0. The second kappa shape index (κ2) is 6.13. The first-order valence-electron chi connectivity index (χ1n) is 8.74. The zero-order valence-corrected chi connectivity index (χ0v) is 14.3. The van der Waals surface area contributed by atoms with Gasteiger partial charge in [-0.2, -0.15) is 0 Å². The predicted molar refractivity (Wildman–Crippen MR) is 105 cm³/mol. The van der Waals surface area contributed by atoms with Crippen molar-refractivity contribution in [2.24, 2.45) is 0 Å². The van der Waals surface area contributed by atoms with Gasteiger partial charge in [0.2, 0.25) is 0 Å². The standard InChI is InChI=1S/C24H22/c1-3-18(22-12-5-4-8-17(22)2)14-15-20-16-21-11-6-9-19-10-7-13-23(20)24(19)21/h4-15H,3,16H2,1-2H3/b18-14+,20-15+. The minimum atomic E-state index is 1.04. The van der Waals surface area contributed by atoms with Gasteiger partial charge in [-0.05, 0) is 63.9 Å². The summed E-state index contributed by atoms with van der Waals surface area (Å²) in [5.41, 5.74) is 8.41. The molecule has 0 bridgehead atoms. The third-order valence-corrected chi connectivity index (χ3v) is 5.08. The van der Waals surface area contributed by atoms with Crippen molar-refractivity contribution in [1.29, 1.82) is 0 Å². The lowest BCUT2D eigenvalue weighted by Crippen LogP contribution is -1.87. The molecule has 1 aliphatic rings. The number of hydrogen-bond donors (Lipinski definition) is 0. The average Bonchev–Trinajstić information content (AvgIpc) is 2.97. The van der Waals surface area contributed by atoms with Gasteiger partial charge in [0.05, 0.1) is 0 Å². The molecule has 0 unspecified atom stereocenters. The van der Waals surface area contributed by atoms with E-state index in [1.165, 1.54) is 44.2 Å². The first-order valence-corrected chi connectivity index (χ1v) is 8.74. The van der Waals surface area contributed by atoms with Crippen molar-refractivity contribution < 1.29 is 0 Å². The molecule has 4 rings (SSSR count). The van der Waals surface area contributed by atoms with Gasteiger partial charge in [-0.3, -0.25) is 0 Å². The molecule has 0 heterocycles. The highest BCUT2D eigenvalue weighted by Crippen LogP contribution is 2.37. The third kappa shape index (κ3) is 2.49. The van der Waals surface area contributed by atoms with Crippen LogP contribution in [-0.2, 0) is 6.42 Å². The summed E-state index contributed by atoms with van der Waals surface area (Å²) in [7, 11) is 0. The van der Waals surface area contributed by atoms with Crippen molar-refractivity contribution >= 4 is 21.9 Å². The van der Waals surface area contributed by atoms with E-state index < -0.39 is 0 Å². The quantitative estimate of drug-likeness (QED) is 0.512. The molecular weight excluding hydrogens is 288 g/mol. The normalized spacial score (nSPS) is 15.4. The summed E-state index contributed by atoms with van der Waals surface area (Å²) >= 11 is 0. The number of aryl methyl sites for hydroxylation is 1. The van der Waals surface area contributed by atoms with Gasteiger partial charge in [0.25, 0.3) is 0 Å². The topological polar surface area (TPSA) is 0 Å². The van der Waals surface area contributed by atoms with E-state index in [2.05, 4.69) is 86.7 Å². The van der Waals surface area contributed by atoms with E-state index in [1.54, 1.807) is 0 Å². The van der Waals surface area contributed by atoms with Crippen molar-refractivity contribution in [3.05, 3.63) is 95.1 Å². The fraction of sp³-hybridized carbons (Fsp3) is 0.167. The van der Waals surface area contributed by atoms with Crippen LogP contribution in [0.1, 0.15) is 35.6 Å². The van der Waals surface area contributed by atoms with Crippen LogP contribution in [0.15, 0.2) is 72.8 Å². The molecule has 0 aromatic heterocycles. The number of allylic oxidation sites excluding steroid dienone is 4. The van der Waals surface area contributed by atoms with E-state index in [4.69, 9.17) is 0 Å². The molecule has 0 amide bonds. The molecule has 0 heteroatoms. The summed E-state index contributed by atoms with van der Waals surface area (Å²) in [6.45, 7) is 4.43. The molecule has 0 aliphatic heterocycles. The van der Waals surface area contributed by atoms with Gasteiger partial charge in [-0.1, -0.05) is 79.7 Å². The summed E-state index contributed by atoms with van der Waals surface area (Å²) in [6, 6.07) is 22.0. The number of hydrogen-bond acceptors (Lipinski definition) is 0. The second-order valence-corrected chi connectivity index (χ2v) is 6.55. The summed E-state index contributed by atoms with van der Waals surface area (Å²) in [5, 5.41) is 2.79. The first-order chi connectivity index (χ1) is 11.8. The molecule has 3 aromatic rings. The van der Waals surface area contributed by atoms with E-state index in [-0.39, 0.29) is 0 Å². The first kappa shape index (κ1) is 15.0. The fourth-order valence-corrected chi connectivity index (χ4v) is 3.82. The van der Waals surface area contributed by atoms with Gasteiger partial charge in [-0.15, -0.1) is 0 Å². The summed E-state index contributed by atoms with van der Waals surface area (Å²) in [4.78, 5) is 0. The largest absolute Gasteiger partial charge is 0.0620 e. The van der Waals surface area contributed by atoms with Crippen LogP contribution in [0, 0.1) is 6.92 Å². The Labute approximate surface area is 144 Å². The van der Waals surface area contributed by atoms with E-state index >= 15 is 0 Å². The minimum absolute atomic E-state index is 1.04. The van der Waals surface area contributed by atoms with Crippen molar-refractivity contribution in [1.82, 2.24) is 0 Å². The van der Waals surface area contributed by atoms with Gasteiger partial charge in [0.15, 0.2) is 0 Å². The minimum Gasteiger partial charge on any atom is -0.0620 e. The molecule has 3 aromatic carbocycles. The fourth-order valence-electron chi connectivity index (χ4n) is 3.82. The molecular formula is C24H22. The maximum atomic E-state index is 2.33. The van der Waals surface area contributed by atoms with Gasteiger partial charge in [-0.25, -0.2) is 0 Å². The second-order valence-electron chi connectivity index (χ2n) is 6.55. The number of benzene rings is 3. The molecule has 0 saturated heterocycles. The molecule has 0 spiro atoms. The summed E-state index contributed by atoms with van der Waals surface area (Å²) in [5.74, 6) is 0. The van der Waals surface area contributed by atoms with Crippen molar-refractivity contribution in [2.45, 2.75) is 26.7 Å². The highest BCUT2D eigenvalue weighted by Gasteiger charge is 2.17. The Kier molecular flexibility index (Phi) is 3.82. The molecule has 0 N–H and O–H groups in total. The smallest absolute Gasteiger partial charge is 0.00132 e. The molecule has 0 fully saturated rings. The maximum absolute atomic E-state index is 2.33. The van der Waals surface area contributed by atoms with Crippen LogP contribution in [0.3, 0.4) is 0 Å². The van der Waals surface area contributed by atoms with Crippen LogP contribution in [0.5, 0.6) is 0 Å². The molecule has 118 valence electrons. The van der Waals surface area contributed by atoms with Crippen LogP contribution in [0.4, 0.5) is 0 Å². The average molecular weight is 310 g/mol. The Morgan fingerprint density at radius 2 is 1.75 bits per heavy atom. The van der Waals surface area contributed by atoms with Crippen LogP contribution in [0.2, 0.25) is 0 Å². The zero-order chi connectivity index (χ0) is 16.5. The van der Waals surface area contributed by atoms with E-state index in [0.29, 0.717) is 0 Å². The monoisotopic (exact) mass is 310 g/mol. The lowest BCUT2D eigenvalue weighted by atomic mass is 9.97. The molecule has 1 aliphatic carbocycles. The Morgan fingerprint density at radius 3 is 2.54 bits per heavy atom.